The van der Waals surface area contributed by atoms with Crippen molar-refractivity contribution in [1.82, 2.24) is 14.8 Å². The fourth-order valence-electron chi connectivity index (χ4n) is 3.18. The zero-order valence-electron chi connectivity index (χ0n) is 18.0. The van der Waals surface area contributed by atoms with E-state index in [-0.39, 0.29) is 17.4 Å². The molecule has 0 radical (unpaired) electrons. The maximum atomic E-state index is 13.5. The van der Waals surface area contributed by atoms with Crippen LogP contribution in [0.25, 0.3) is 0 Å². The van der Waals surface area contributed by atoms with Gasteiger partial charge in [0, 0.05) is 13.6 Å². The molecule has 0 unspecified atom stereocenters. The van der Waals surface area contributed by atoms with E-state index >= 15 is 0 Å². The van der Waals surface area contributed by atoms with Gasteiger partial charge >= 0.3 is 0 Å². The summed E-state index contributed by atoms with van der Waals surface area (Å²) >= 11 is 0. The second-order valence-corrected chi connectivity index (χ2v) is 9.68. The average molecular weight is 429 g/mol. The number of hydrogen-bond acceptors (Lipinski definition) is 5. The molecule has 0 fully saturated rings. The van der Waals surface area contributed by atoms with Gasteiger partial charge in [0.25, 0.3) is 10.0 Å². The lowest BCUT2D eigenvalue weighted by Gasteiger charge is -2.28. The third kappa shape index (κ3) is 4.99. The minimum Gasteiger partial charge on any atom is -0.486 e. The Morgan fingerprint density at radius 1 is 1.10 bits per heavy atom. The average Bonchev–Trinajstić information content (AvgIpc) is 3.10. The van der Waals surface area contributed by atoms with Gasteiger partial charge in [0.2, 0.25) is 0 Å². The molecule has 0 bridgehead atoms. The number of hydrogen-bond donors (Lipinski definition) is 0. The Morgan fingerprint density at radius 2 is 1.80 bits per heavy atom. The summed E-state index contributed by atoms with van der Waals surface area (Å²) in [7, 11) is -1.93. The van der Waals surface area contributed by atoms with Crippen molar-refractivity contribution in [2.75, 3.05) is 10.8 Å². The maximum absolute atomic E-state index is 13.5. The third-order valence-electron chi connectivity index (χ3n) is 4.58. The highest BCUT2D eigenvalue weighted by Crippen LogP contribution is 2.29. The molecule has 0 amide bonds. The minimum absolute atomic E-state index is 0.175. The lowest BCUT2D eigenvalue weighted by molar-refractivity contribution is 0.295. The molecular formula is C22H28N4O3S. The second kappa shape index (κ2) is 8.87. The Hall–Kier alpha value is -2.87. The van der Waals surface area contributed by atoms with Crippen LogP contribution in [0.15, 0.2) is 53.7 Å². The standard InChI is InChI=1S/C22H28N4O3S/c1-16(2)13-26(21-11-6-17(3)12-18(21)4)30(27,28)20-9-7-19(8-10-20)29-14-22-23-15-25(5)24-22/h6-12,15-16H,13-14H2,1-5H3. The number of aryl methyl sites for hydroxylation is 3. The predicted octanol–water partition coefficient (Wildman–Crippen LogP) is 3.86. The van der Waals surface area contributed by atoms with Gasteiger partial charge < -0.3 is 4.74 Å². The van der Waals surface area contributed by atoms with E-state index in [1.54, 1.807) is 42.3 Å². The number of anilines is 1. The van der Waals surface area contributed by atoms with Gasteiger partial charge in [-0.05, 0) is 55.7 Å². The van der Waals surface area contributed by atoms with Gasteiger partial charge in [0.15, 0.2) is 5.82 Å². The first-order valence-corrected chi connectivity index (χ1v) is 11.3. The normalized spacial score (nSPS) is 11.7. The smallest absolute Gasteiger partial charge is 0.264 e. The Morgan fingerprint density at radius 3 is 2.37 bits per heavy atom. The first-order valence-electron chi connectivity index (χ1n) is 9.84. The van der Waals surface area contributed by atoms with Crippen LogP contribution in [-0.4, -0.2) is 29.7 Å². The molecule has 7 nitrogen and oxygen atoms in total. The summed E-state index contributed by atoms with van der Waals surface area (Å²) in [6, 6.07) is 12.3. The summed E-state index contributed by atoms with van der Waals surface area (Å²) in [5.74, 6) is 1.30. The first-order chi connectivity index (χ1) is 14.2. The van der Waals surface area contributed by atoms with Crippen molar-refractivity contribution in [2.45, 2.75) is 39.2 Å². The largest absolute Gasteiger partial charge is 0.486 e. The summed E-state index contributed by atoms with van der Waals surface area (Å²) < 4.78 is 35.7. The molecule has 0 spiro atoms. The number of nitrogens with zero attached hydrogens (tertiary/aromatic N) is 4. The van der Waals surface area contributed by atoms with Gasteiger partial charge in [-0.15, -0.1) is 0 Å². The summed E-state index contributed by atoms with van der Waals surface area (Å²) in [6.45, 7) is 8.57. The van der Waals surface area contributed by atoms with Crippen LogP contribution in [0.2, 0.25) is 0 Å². The van der Waals surface area contributed by atoms with E-state index in [1.165, 1.54) is 4.31 Å². The topological polar surface area (TPSA) is 77.3 Å². The molecule has 0 aliphatic heterocycles. The summed E-state index contributed by atoms with van der Waals surface area (Å²) in [6.07, 6.45) is 1.60. The van der Waals surface area contributed by atoms with Gasteiger partial charge in [0.1, 0.15) is 18.7 Å². The maximum Gasteiger partial charge on any atom is 0.264 e. The molecule has 2 aromatic carbocycles. The van der Waals surface area contributed by atoms with Crippen LogP contribution in [0.5, 0.6) is 5.75 Å². The number of sulfonamides is 1. The molecule has 1 heterocycles. The summed E-state index contributed by atoms with van der Waals surface area (Å²) in [5.41, 5.74) is 2.74. The Kier molecular flexibility index (Phi) is 6.45. The monoisotopic (exact) mass is 428 g/mol. The zero-order valence-corrected chi connectivity index (χ0v) is 18.8. The quantitative estimate of drug-likeness (QED) is 0.544. The van der Waals surface area contributed by atoms with Gasteiger partial charge in [0.05, 0.1) is 10.6 Å². The van der Waals surface area contributed by atoms with E-state index in [9.17, 15) is 8.42 Å². The Bertz CT molecular complexity index is 1110. The van der Waals surface area contributed by atoms with Gasteiger partial charge in [-0.1, -0.05) is 31.5 Å². The molecular weight excluding hydrogens is 400 g/mol. The summed E-state index contributed by atoms with van der Waals surface area (Å²) in [4.78, 5) is 4.34. The van der Waals surface area contributed by atoms with E-state index < -0.39 is 10.0 Å². The van der Waals surface area contributed by atoms with Crippen LogP contribution in [0, 0.1) is 19.8 Å². The number of aromatic nitrogens is 3. The van der Waals surface area contributed by atoms with Crippen molar-refractivity contribution in [3.05, 3.63) is 65.7 Å². The van der Waals surface area contributed by atoms with Crippen LogP contribution >= 0.6 is 0 Å². The summed E-state index contributed by atoms with van der Waals surface area (Å²) in [5, 5.41) is 4.16. The van der Waals surface area contributed by atoms with E-state index in [1.807, 2.05) is 45.9 Å². The highest BCUT2D eigenvalue weighted by molar-refractivity contribution is 7.92. The molecule has 3 aromatic rings. The fourth-order valence-corrected chi connectivity index (χ4v) is 4.87. The van der Waals surface area contributed by atoms with Gasteiger partial charge in [-0.2, -0.15) is 5.10 Å². The van der Waals surface area contributed by atoms with Gasteiger partial charge in [-0.3, -0.25) is 8.99 Å². The van der Waals surface area contributed by atoms with Crippen molar-refractivity contribution in [1.29, 1.82) is 0 Å². The number of benzene rings is 2. The first kappa shape index (κ1) is 21.8. The van der Waals surface area contributed by atoms with E-state index in [2.05, 4.69) is 10.1 Å². The highest BCUT2D eigenvalue weighted by atomic mass is 32.2. The van der Waals surface area contributed by atoms with Crippen molar-refractivity contribution < 1.29 is 13.2 Å². The number of ether oxygens (including phenoxy) is 1. The van der Waals surface area contributed by atoms with Crippen molar-refractivity contribution in [2.24, 2.45) is 13.0 Å². The van der Waals surface area contributed by atoms with Crippen molar-refractivity contribution in [3.63, 3.8) is 0 Å². The Labute approximate surface area is 178 Å². The van der Waals surface area contributed by atoms with E-state index in [4.69, 9.17) is 4.74 Å². The molecule has 30 heavy (non-hydrogen) atoms. The molecule has 0 saturated carbocycles. The van der Waals surface area contributed by atoms with E-state index in [0.717, 1.165) is 11.1 Å². The van der Waals surface area contributed by atoms with Crippen LogP contribution in [0.1, 0.15) is 30.8 Å². The molecule has 160 valence electrons. The molecule has 8 heteroatoms. The van der Waals surface area contributed by atoms with E-state index in [0.29, 0.717) is 23.8 Å². The molecule has 3 rings (SSSR count). The molecule has 0 saturated heterocycles. The molecule has 0 N–H and O–H groups in total. The number of rotatable bonds is 8. The lowest BCUT2D eigenvalue weighted by atomic mass is 10.1. The van der Waals surface area contributed by atoms with Crippen LogP contribution < -0.4 is 9.04 Å². The SMILES string of the molecule is Cc1ccc(N(CC(C)C)S(=O)(=O)c2ccc(OCc3ncn(C)n3)cc2)c(C)c1. The van der Waals surface area contributed by atoms with Crippen molar-refractivity contribution in [3.8, 4) is 5.75 Å². The third-order valence-corrected chi connectivity index (χ3v) is 6.37. The molecule has 0 aliphatic carbocycles. The molecule has 1 aromatic heterocycles. The Balaban J connectivity index is 1.85. The molecule has 0 aliphatic rings. The molecule has 0 atom stereocenters. The van der Waals surface area contributed by atoms with Crippen molar-refractivity contribution >= 4 is 15.7 Å². The fraction of sp³-hybridized carbons (Fsp3) is 0.364. The zero-order chi connectivity index (χ0) is 21.9. The van der Waals surface area contributed by atoms with Crippen LogP contribution in [0.3, 0.4) is 0 Å². The van der Waals surface area contributed by atoms with Crippen LogP contribution in [0.4, 0.5) is 5.69 Å². The lowest BCUT2D eigenvalue weighted by Crippen LogP contribution is -2.34. The van der Waals surface area contributed by atoms with Gasteiger partial charge in [-0.25, -0.2) is 13.4 Å². The second-order valence-electron chi connectivity index (χ2n) is 7.81. The minimum atomic E-state index is -3.72. The highest BCUT2D eigenvalue weighted by Gasteiger charge is 2.27. The van der Waals surface area contributed by atoms with Crippen LogP contribution in [-0.2, 0) is 23.7 Å². The predicted molar refractivity (Wildman–Crippen MR) is 117 cm³/mol.